The molecule has 0 unspecified atom stereocenters. The lowest BCUT2D eigenvalue weighted by atomic mass is 10.1. The number of benzene rings is 1. The molecule has 2 atom stereocenters. The third-order valence-electron chi connectivity index (χ3n) is 4.53. The second kappa shape index (κ2) is 10.7. The van der Waals surface area contributed by atoms with Crippen LogP contribution in [0.3, 0.4) is 0 Å². The summed E-state index contributed by atoms with van der Waals surface area (Å²) in [6.07, 6.45) is 0.417. The molecule has 9 nitrogen and oxygen atoms in total. The van der Waals surface area contributed by atoms with Gasteiger partial charge in [0, 0.05) is 24.7 Å². The molecule has 1 aromatic rings. The Bertz CT molecular complexity index is 707. The maximum absolute atomic E-state index is 12.6. The number of hydrogen-bond acceptors (Lipinski definition) is 6. The zero-order chi connectivity index (χ0) is 21.4. The fourth-order valence-corrected chi connectivity index (χ4v) is 2.96. The van der Waals surface area contributed by atoms with Gasteiger partial charge in [0.05, 0.1) is 19.3 Å². The van der Waals surface area contributed by atoms with Crippen molar-refractivity contribution < 1.29 is 29.0 Å². The summed E-state index contributed by atoms with van der Waals surface area (Å²) in [5.41, 5.74) is 0.380. The molecule has 3 N–H and O–H groups in total. The molecular formula is C20H29N3O6. The third kappa shape index (κ3) is 6.94. The maximum atomic E-state index is 12.6. The first-order valence-corrected chi connectivity index (χ1v) is 9.64. The molecular weight excluding hydrogens is 378 g/mol. The van der Waals surface area contributed by atoms with Crippen LogP contribution in [-0.4, -0.2) is 72.9 Å². The highest BCUT2D eigenvalue weighted by Gasteiger charge is 2.29. The molecule has 3 amide bonds. The number of rotatable bonds is 6. The molecule has 9 heteroatoms. The van der Waals surface area contributed by atoms with Crippen LogP contribution in [0.2, 0.25) is 0 Å². The fourth-order valence-electron chi connectivity index (χ4n) is 2.96. The van der Waals surface area contributed by atoms with E-state index in [2.05, 4.69) is 15.4 Å². The molecule has 0 saturated carbocycles. The summed E-state index contributed by atoms with van der Waals surface area (Å²) < 4.78 is 9.75. The molecule has 0 aromatic heterocycles. The molecule has 1 aliphatic heterocycles. The average Bonchev–Trinajstić information content (AvgIpc) is 2.87. The van der Waals surface area contributed by atoms with Gasteiger partial charge in [0.1, 0.15) is 5.75 Å². The number of likely N-dealkylation sites (tertiary alicyclic amines) is 1. The molecule has 0 aliphatic carbocycles. The van der Waals surface area contributed by atoms with E-state index in [0.717, 1.165) is 0 Å². The molecule has 2 rings (SSSR count). The number of carbonyl (C=O) groups excluding carboxylic acids is 3. The van der Waals surface area contributed by atoms with Crippen LogP contribution in [0.4, 0.5) is 4.79 Å². The second-order valence-corrected chi connectivity index (χ2v) is 7.23. The van der Waals surface area contributed by atoms with Crippen LogP contribution in [0.25, 0.3) is 0 Å². The van der Waals surface area contributed by atoms with E-state index < -0.39 is 18.1 Å². The number of aliphatic hydroxyl groups excluding tert-OH is 1. The summed E-state index contributed by atoms with van der Waals surface area (Å²) in [4.78, 5) is 37.6. The largest absolute Gasteiger partial charge is 0.482 e. The maximum Gasteiger partial charge on any atom is 0.343 e. The zero-order valence-corrected chi connectivity index (χ0v) is 17.0. The monoisotopic (exact) mass is 407 g/mol. The van der Waals surface area contributed by atoms with Gasteiger partial charge in [-0.2, -0.15) is 0 Å². The smallest absolute Gasteiger partial charge is 0.343 e. The Kier molecular flexibility index (Phi) is 8.26. The van der Waals surface area contributed by atoms with Gasteiger partial charge >= 0.3 is 12.0 Å². The van der Waals surface area contributed by atoms with E-state index in [1.54, 1.807) is 29.2 Å². The minimum atomic E-state index is -0.738. The van der Waals surface area contributed by atoms with E-state index in [9.17, 15) is 19.5 Å². The first-order chi connectivity index (χ1) is 13.8. The first kappa shape index (κ1) is 22.5. The third-order valence-corrected chi connectivity index (χ3v) is 4.53. The van der Waals surface area contributed by atoms with E-state index in [1.165, 1.54) is 7.11 Å². The fraction of sp³-hybridized carbons (Fsp3) is 0.550. The van der Waals surface area contributed by atoms with Crippen molar-refractivity contribution in [1.29, 1.82) is 0 Å². The Hall–Kier alpha value is -2.81. The molecule has 1 aromatic carbocycles. The van der Waals surface area contributed by atoms with E-state index in [4.69, 9.17) is 4.74 Å². The lowest BCUT2D eigenvalue weighted by molar-refractivity contribution is -0.142. The highest BCUT2D eigenvalue weighted by Crippen LogP contribution is 2.15. The van der Waals surface area contributed by atoms with Crippen LogP contribution in [0.1, 0.15) is 37.0 Å². The topological polar surface area (TPSA) is 117 Å². The molecule has 1 fully saturated rings. The molecule has 160 valence electrons. The molecule has 1 heterocycles. The van der Waals surface area contributed by atoms with Crippen LogP contribution in [0, 0.1) is 0 Å². The SMILES string of the molecule is COC(=O)COc1ccc(C(=O)N[C@@H]2CN(C(=O)NC(C)C)CCC[C@H]2O)cc1. The first-order valence-electron chi connectivity index (χ1n) is 9.64. The molecule has 0 radical (unpaired) electrons. The Morgan fingerprint density at radius 1 is 1.24 bits per heavy atom. The van der Waals surface area contributed by atoms with Crippen LogP contribution >= 0.6 is 0 Å². The molecule has 1 saturated heterocycles. The summed E-state index contributed by atoms with van der Waals surface area (Å²) in [5.74, 6) is -0.433. The quantitative estimate of drug-likeness (QED) is 0.604. The number of hydrogen-bond donors (Lipinski definition) is 3. The number of amides is 3. The minimum Gasteiger partial charge on any atom is -0.482 e. The normalized spacial score (nSPS) is 19.3. The van der Waals surface area contributed by atoms with Crippen LogP contribution in [-0.2, 0) is 9.53 Å². The zero-order valence-electron chi connectivity index (χ0n) is 17.0. The number of nitrogens with zero attached hydrogens (tertiary/aromatic N) is 1. The van der Waals surface area contributed by atoms with Crippen molar-refractivity contribution in [3.63, 3.8) is 0 Å². The summed E-state index contributed by atoms with van der Waals surface area (Å²) in [7, 11) is 1.27. The molecule has 1 aliphatic rings. The average molecular weight is 407 g/mol. The van der Waals surface area contributed by atoms with Gasteiger partial charge in [0.2, 0.25) is 0 Å². The number of ether oxygens (including phenoxy) is 2. The Morgan fingerprint density at radius 3 is 2.55 bits per heavy atom. The standard InChI is InChI=1S/C20H29N3O6/c1-13(2)21-20(27)23-10-4-5-17(24)16(11-23)22-19(26)14-6-8-15(9-7-14)29-12-18(25)28-3/h6-9,13,16-17,24H,4-5,10-12H2,1-3H3,(H,21,27)(H,22,26)/t16-,17-/m1/s1. The van der Waals surface area contributed by atoms with Gasteiger partial charge in [-0.25, -0.2) is 9.59 Å². The van der Waals surface area contributed by atoms with Crippen molar-refractivity contribution in [3.05, 3.63) is 29.8 Å². The lowest BCUT2D eigenvalue weighted by Crippen LogP contribution is -2.52. The molecule has 29 heavy (non-hydrogen) atoms. The predicted molar refractivity (Wildman–Crippen MR) is 106 cm³/mol. The van der Waals surface area contributed by atoms with Gasteiger partial charge < -0.3 is 30.1 Å². The highest BCUT2D eigenvalue weighted by molar-refractivity contribution is 5.94. The van der Waals surface area contributed by atoms with E-state index in [0.29, 0.717) is 30.7 Å². The van der Waals surface area contributed by atoms with Crippen LogP contribution < -0.4 is 15.4 Å². The Morgan fingerprint density at radius 2 is 1.93 bits per heavy atom. The van der Waals surface area contributed by atoms with Gasteiger partial charge in [-0.15, -0.1) is 0 Å². The van der Waals surface area contributed by atoms with Crippen molar-refractivity contribution in [2.45, 2.75) is 44.9 Å². The van der Waals surface area contributed by atoms with E-state index >= 15 is 0 Å². The number of carbonyl (C=O) groups is 3. The summed E-state index contributed by atoms with van der Waals surface area (Å²) >= 11 is 0. The minimum absolute atomic E-state index is 0.00336. The van der Waals surface area contributed by atoms with Crippen molar-refractivity contribution in [3.8, 4) is 5.75 Å². The van der Waals surface area contributed by atoms with E-state index in [1.807, 2.05) is 13.8 Å². The molecule has 0 spiro atoms. The van der Waals surface area contributed by atoms with Crippen LogP contribution in [0.15, 0.2) is 24.3 Å². The number of aliphatic hydroxyl groups is 1. The van der Waals surface area contributed by atoms with Gasteiger partial charge in [-0.3, -0.25) is 4.79 Å². The number of nitrogens with one attached hydrogen (secondary N) is 2. The van der Waals surface area contributed by atoms with Gasteiger partial charge in [-0.05, 0) is 51.0 Å². The van der Waals surface area contributed by atoms with E-state index in [-0.39, 0.29) is 31.1 Å². The van der Waals surface area contributed by atoms with Crippen molar-refractivity contribution in [2.75, 3.05) is 26.8 Å². The van der Waals surface area contributed by atoms with Gasteiger partial charge in [0.15, 0.2) is 6.61 Å². The Labute approximate surface area is 170 Å². The predicted octanol–water partition coefficient (Wildman–Crippen LogP) is 0.912. The van der Waals surface area contributed by atoms with Crippen molar-refractivity contribution in [2.24, 2.45) is 0 Å². The molecule has 0 bridgehead atoms. The summed E-state index contributed by atoms with van der Waals surface area (Å²) in [5, 5.41) is 16.0. The number of urea groups is 1. The van der Waals surface area contributed by atoms with Crippen molar-refractivity contribution in [1.82, 2.24) is 15.5 Å². The van der Waals surface area contributed by atoms with Crippen LogP contribution in [0.5, 0.6) is 5.75 Å². The Balaban J connectivity index is 1.97. The van der Waals surface area contributed by atoms with Gasteiger partial charge in [-0.1, -0.05) is 0 Å². The summed E-state index contributed by atoms with van der Waals surface area (Å²) in [6.45, 7) is 4.29. The second-order valence-electron chi connectivity index (χ2n) is 7.23. The van der Waals surface area contributed by atoms with Crippen molar-refractivity contribution >= 4 is 17.9 Å². The highest BCUT2D eigenvalue weighted by atomic mass is 16.6. The number of esters is 1. The van der Waals surface area contributed by atoms with Gasteiger partial charge in [0.25, 0.3) is 5.91 Å². The summed E-state index contributed by atoms with van der Waals surface area (Å²) in [6, 6.07) is 5.50. The lowest BCUT2D eigenvalue weighted by Gasteiger charge is -2.28. The number of methoxy groups -OCH3 is 1.